The van der Waals surface area contributed by atoms with Crippen LogP contribution in [0.25, 0.3) is 11.1 Å². The van der Waals surface area contributed by atoms with Gasteiger partial charge in [-0.15, -0.1) is 10.2 Å². The van der Waals surface area contributed by atoms with E-state index in [1.54, 1.807) is 29.2 Å². The summed E-state index contributed by atoms with van der Waals surface area (Å²) in [5, 5.41) is 38.8. The van der Waals surface area contributed by atoms with E-state index in [0.29, 0.717) is 47.6 Å². The number of aromatic nitrogens is 8. The van der Waals surface area contributed by atoms with Gasteiger partial charge in [0.05, 0.1) is 37.6 Å². The Labute approximate surface area is 254 Å². The lowest BCUT2D eigenvalue weighted by Gasteiger charge is -2.43. The molecule has 2 N–H and O–H groups in total. The number of nitrogens with zero attached hydrogens (tertiary/aromatic N) is 10. The Morgan fingerprint density at radius 3 is 2.48 bits per heavy atom. The molecule has 3 fully saturated rings. The van der Waals surface area contributed by atoms with Crippen LogP contribution in [0, 0.1) is 11.3 Å². The van der Waals surface area contributed by atoms with Gasteiger partial charge in [-0.2, -0.15) is 5.26 Å². The van der Waals surface area contributed by atoms with Gasteiger partial charge in [0.25, 0.3) is 5.88 Å². The molecule has 228 valence electrons. The minimum Gasteiger partial charge on any atom is -0.491 e. The Hall–Kier alpha value is -4.61. The van der Waals surface area contributed by atoms with Gasteiger partial charge in [0.2, 0.25) is 5.95 Å². The number of morpholine rings is 1. The van der Waals surface area contributed by atoms with E-state index in [4.69, 9.17) is 9.47 Å². The van der Waals surface area contributed by atoms with Crippen LogP contribution >= 0.6 is 0 Å². The van der Waals surface area contributed by atoms with Crippen LogP contribution in [0.3, 0.4) is 0 Å². The molecule has 3 aromatic heterocycles. The number of rotatable bonds is 9. The summed E-state index contributed by atoms with van der Waals surface area (Å²) in [6.45, 7) is 4.06. The molecule has 14 heteroatoms. The maximum Gasteiger partial charge on any atom is 0.254 e. The van der Waals surface area contributed by atoms with E-state index in [9.17, 15) is 10.4 Å². The molecule has 1 saturated carbocycles. The molecule has 0 radical (unpaired) electrons. The zero-order valence-corrected chi connectivity index (χ0v) is 24.5. The first kappa shape index (κ1) is 28.2. The molecule has 1 aromatic carbocycles. The fraction of sp³-hybridized carbons (Fsp3) is 0.500. The molecular weight excluding hydrogens is 562 g/mol. The van der Waals surface area contributed by atoms with Gasteiger partial charge in [0.15, 0.2) is 0 Å². The lowest BCUT2D eigenvalue weighted by molar-refractivity contribution is -0.0458. The van der Waals surface area contributed by atoms with E-state index in [1.165, 1.54) is 19.2 Å². The molecule has 0 amide bonds. The average Bonchev–Trinajstić information content (AvgIpc) is 3.75. The van der Waals surface area contributed by atoms with Gasteiger partial charge in [-0.05, 0) is 73.6 Å². The van der Waals surface area contributed by atoms with Crippen LogP contribution < -0.4 is 10.1 Å². The van der Waals surface area contributed by atoms with Crippen molar-refractivity contribution < 1.29 is 14.6 Å². The van der Waals surface area contributed by atoms with E-state index in [-0.39, 0.29) is 18.0 Å². The highest BCUT2D eigenvalue weighted by Gasteiger charge is 2.42. The molecule has 14 nitrogen and oxygen atoms in total. The molecule has 2 bridgehead atoms. The number of fused-ring (bicyclic) bond motifs is 2. The fourth-order valence-corrected chi connectivity index (χ4v) is 6.87. The van der Waals surface area contributed by atoms with E-state index in [0.717, 1.165) is 50.0 Å². The maximum atomic E-state index is 10.6. The van der Waals surface area contributed by atoms with Crippen molar-refractivity contribution in [2.75, 3.05) is 18.5 Å². The maximum absolute atomic E-state index is 10.6. The number of aromatic hydroxyl groups is 1. The van der Waals surface area contributed by atoms with Gasteiger partial charge < -0.3 is 19.9 Å². The second kappa shape index (κ2) is 12.2. The third-order valence-corrected chi connectivity index (χ3v) is 8.97. The first-order valence-electron chi connectivity index (χ1n) is 15.2. The van der Waals surface area contributed by atoms with Gasteiger partial charge in [0, 0.05) is 36.1 Å². The normalized spacial score (nSPS) is 24.1. The van der Waals surface area contributed by atoms with Crippen molar-refractivity contribution in [3.05, 3.63) is 48.7 Å². The summed E-state index contributed by atoms with van der Waals surface area (Å²) >= 11 is 0. The molecular formula is C30H35N11O3. The molecule has 4 aromatic rings. The van der Waals surface area contributed by atoms with Crippen LogP contribution in [0.4, 0.5) is 11.6 Å². The van der Waals surface area contributed by atoms with Gasteiger partial charge in [-0.25, -0.2) is 14.6 Å². The predicted molar refractivity (Wildman–Crippen MR) is 158 cm³/mol. The van der Waals surface area contributed by atoms with Crippen molar-refractivity contribution in [2.24, 2.45) is 0 Å². The van der Waals surface area contributed by atoms with Crippen molar-refractivity contribution in [3.63, 3.8) is 0 Å². The minimum atomic E-state index is -0.271. The van der Waals surface area contributed by atoms with E-state index in [1.807, 2.05) is 23.9 Å². The highest BCUT2D eigenvalue weighted by atomic mass is 16.5. The molecule has 2 saturated heterocycles. The predicted octanol–water partition coefficient (Wildman–Crippen LogP) is 3.46. The largest absolute Gasteiger partial charge is 0.491 e. The van der Waals surface area contributed by atoms with E-state index >= 15 is 0 Å². The summed E-state index contributed by atoms with van der Waals surface area (Å²) in [5.41, 5.74) is 2.45. The molecule has 7 rings (SSSR count). The highest BCUT2D eigenvalue weighted by Crippen LogP contribution is 2.39. The molecule has 1 unspecified atom stereocenters. The summed E-state index contributed by atoms with van der Waals surface area (Å²) in [6.07, 6.45) is 13.3. The molecule has 0 spiro atoms. The van der Waals surface area contributed by atoms with Crippen molar-refractivity contribution in [1.29, 1.82) is 5.26 Å². The molecule has 5 heterocycles. The number of benzene rings is 1. The monoisotopic (exact) mass is 597 g/mol. The molecule has 2 aliphatic heterocycles. The van der Waals surface area contributed by atoms with Crippen molar-refractivity contribution >= 4 is 11.6 Å². The number of nitrogens with one attached hydrogen (secondary N) is 1. The van der Waals surface area contributed by atoms with Crippen LogP contribution in [0.2, 0.25) is 0 Å². The second-order valence-corrected chi connectivity index (χ2v) is 11.9. The fourth-order valence-electron chi connectivity index (χ4n) is 6.87. The quantitative estimate of drug-likeness (QED) is 0.289. The topological polar surface area (TPSA) is 165 Å². The van der Waals surface area contributed by atoms with E-state index in [2.05, 4.69) is 46.9 Å². The molecule has 3 aliphatic rings. The van der Waals surface area contributed by atoms with Crippen LogP contribution in [0.15, 0.2) is 43.1 Å². The summed E-state index contributed by atoms with van der Waals surface area (Å²) in [6, 6.07) is 9.54. The Morgan fingerprint density at radius 2 is 1.77 bits per heavy atom. The van der Waals surface area contributed by atoms with Crippen molar-refractivity contribution in [1.82, 2.24) is 44.9 Å². The van der Waals surface area contributed by atoms with E-state index < -0.39 is 0 Å². The molecule has 44 heavy (non-hydrogen) atoms. The summed E-state index contributed by atoms with van der Waals surface area (Å²) in [7, 11) is 0. The number of hydrogen-bond acceptors (Lipinski definition) is 12. The number of nitriles is 1. The smallest absolute Gasteiger partial charge is 0.254 e. The van der Waals surface area contributed by atoms with Gasteiger partial charge in [0.1, 0.15) is 29.9 Å². The second-order valence-electron chi connectivity index (χ2n) is 11.9. The highest BCUT2D eigenvalue weighted by molar-refractivity contribution is 5.67. The number of tetrazole rings is 1. The third kappa shape index (κ3) is 5.80. The zero-order valence-electron chi connectivity index (χ0n) is 24.5. The van der Waals surface area contributed by atoms with Crippen LogP contribution in [-0.4, -0.2) is 87.4 Å². The summed E-state index contributed by atoms with van der Waals surface area (Å²) < 4.78 is 15.3. The third-order valence-electron chi connectivity index (χ3n) is 8.97. The summed E-state index contributed by atoms with van der Waals surface area (Å²) in [5.74, 6) is 0.724. The molecule has 3 atom stereocenters. The number of anilines is 2. The average molecular weight is 598 g/mol. The standard InChI is InChI=1S/C30H35N11O3/c1-19(14-39-18-34-37-38-39)44-28-10-20(2-3-21(28)11-31)22-12-32-30(33-13-22)35-27-15-40(36-29(27)42)23-4-6-24(7-5-23)41-25-8-9-26(41)17-43-16-25/h2-3,10,12-13,15,18-19,23-26H,4-9,14,16-17H2,1H3,(H,36,42)(H,32,33,35)/t19?,23?,24?,25-,26+. The Balaban J connectivity index is 0.981. The number of ether oxygens (including phenoxy) is 2. The van der Waals surface area contributed by atoms with Gasteiger partial charge in [-0.3, -0.25) is 9.58 Å². The first-order chi connectivity index (χ1) is 21.5. The number of hydrogen-bond donors (Lipinski definition) is 2. The SMILES string of the molecule is CC(Cn1cnnn1)Oc1cc(-c2cnc(Nc3cn(C4CCC(N5[C@@H]6CC[C@H]5COC6)CC4)nc3O)nc2)ccc1C#N. The molecule has 1 aliphatic carbocycles. The van der Waals surface area contributed by atoms with Crippen LogP contribution in [0.5, 0.6) is 11.6 Å². The Bertz CT molecular complexity index is 1590. The Kier molecular flexibility index (Phi) is 7.80. The first-order valence-corrected chi connectivity index (χ1v) is 15.2. The lowest BCUT2D eigenvalue weighted by Crippen LogP contribution is -2.52. The van der Waals surface area contributed by atoms with Crippen molar-refractivity contribution in [2.45, 2.75) is 82.3 Å². The van der Waals surface area contributed by atoms with Crippen LogP contribution in [-0.2, 0) is 11.3 Å². The zero-order chi connectivity index (χ0) is 30.0. The minimum absolute atomic E-state index is 0.0734. The van der Waals surface area contributed by atoms with Crippen LogP contribution in [0.1, 0.15) is 57.1 Å². The van der Waals surface area contributed by atoms with Crippen molar-refractivity contribution in [3.8, 4) is 28.8 Å². The Morgan fingerprint density at radius 1 is 1.05 bits per heavy atom. The lowest BCUT2D eigenvalue weighted by atomic mass is 9.89. The van der Waals surface area contributed by atoms with Gasteiger partial charge in [-0.1, -0.05) is 6.07 Å². The van der Waals surface area contributed by atoms with Gasteiger partial charge >= 0.3 is 0 Å². The summed E-state index contributed by atoms with van der Waals surface area (Å²) in [4.78, 5) is 11.7.